The van der Waals surface area contributed by atoms with Crippen molar-refractivity contribution in [2.45, 2.75) is 49.7 Å². The van der Waals surface area contributed by atoms with Crippen molar-refractivity contribution in [1.29, 1.82) is 0 Å². The molecule has 1 aliphatic heterocycles. The SMILES string of the molecule is O[C@@H]1[C@H](O)[C@@H](CS)O[C@H]1n1cnc2c(NCC(F)(F)F)nc(CCC(F)(F)F)nc21. The maximum absolute atomic E-state index is 12.6. The van der Waals surface area contributed by atoms with E-state index in [2.05, 4.69) is 27.6 Å². The van der Waals surface area contributed by atoms with Gasteiger partial charge in [-0.2, -0.15) is 39.0 Å². The van der Waals surface area contributed by atoms with Crippen LogP contribution in [0.2, 0.25) is 0 Å². The van der Waals surface area contributed by atoms with Gasteiger partial charge in [0.25, 0.3) is 0 Å². The van der Waals surface area contributed by atoms with E-state index in [9.17, 15) is 36.6 Å². The van der Waals surface area contributed by atoms with E-state index < -0.39 is 62.1 Å². The molecule has 0 aliphatic carbocycles. The topological polar surface area (TPSA) is 105 Å². The molecule has 1 aliphatic rings. The minimum atomic E-state index is -4.61. The zero-order valence-corrected chi connectivity index (χ0v) is 15.9. The standard InChI is InChI=1S/C15H17F6N5O3S/c16-14(17,18)2-1-7-24-11(22-4-15(19,20)21)8-12(25-7)26(5-23-8)13-10(28)9(27)6(3-30)29-13/h5-6,9-10,13,27-28,30H,1-4H2,(H,22,24,25)/t6-,9-,10-,13-/m1/s1. The molecule has 8 nitrogen and oxygen atoms in total. The molecule has 30 heavy (non-hydrogen) atoms. The summed E-state index contributed by atoms with van der Waals surface area (Å²) in [6.07, 6.45) is -14.8. The van der Waals surface area contributed by atoms with Crippen molar-refractivity contribution in [2.75, 3.05) is 17.6 Å². The van der Waals surface area contributed by atoms with Crippen molar-refractivity contribution in [3.8, 4) is 0 Å². The van der Waals surface area contributed by atoms with Crippen molar-refractivity contribution < 1.29 is 41.3 Å². The number of hydrogen-bond donors (Lipinski definition) is 4. The molecule has 2 aromatic heterocycles. The number of fused-ring (bicyclic) bond motifs is 1. The maximum atomic E-state index is 12.6. The van der Waals surface area contributed by atoms with E-state index in [-0.39, 0.29) is 22.7 Å². The molecule has 4 atom stereocenters. The number of ether oxygens (including phenoxy) is 1. The molecule has 0 saturated carbocycles. The number of aliphatic hydroxyl groups is 2. The average molecular weight is 461 g/mol. The summed E-state index contributed by atoms with van der Waals surface area (Å²) in [5, 5.41) is 22.2. The number of anilines is 1. The lowest BCUT2D eigenvalue weighted by molar-refractivity contribution is -0.134. The normalized spacial score (nSPS) is 25.2. The first-order valence-electron chi connectivity index (χ1n) is 8.63. The monoisotopic (exact) mass is 461 g/mol. The van der Waals surface area contributed by atoms with E-state index in [0.717, 1.165) is 10.9 Å². The second kappa shape index (κ2) is 8.36. The third-order valence-corrected chi connectivity index (χ3v) is 4.71. The average Bonchev–Trinajstić information content (AvgIpc) is 3.18. The Labute approximate surface area is 170 Å². The Hall–Kier alpha value is -1.84. The molecule has 3 N–H and O–H groups in total. The van der Waals surface area contributed by atoms with E-state index in [1.807, 2.05) is 5.32 Å². The van der Waals surface area contributed by atoms with Crippen LogP contribution in [0, 0.1) is 0 Å². The van der Waals surface area contributed by atoms with Crippen LogP contribution in [0.3, 0.4) is 0 Å². The van der Waals surface area contributed by atoms with Crippen molar-refractivity contribution in [2.24, 2.45) is 0 Å². The van der Waals surface area contributed by atoms with Gasteiger partial charge in [0, 0.05) is 12.2 Å². The van der Waals surface area contributed by atoms with Crippen molar-refractivity contribution in [1.82, 2.24) is 19.5 Å². The lowest BCUT2D eigenvalue weighted by Gasteiger charge is -2.17. The quantitative estimate of drug-likeness (QED) is 0.384. The van der Waals surface area contributed by atoms with Gasteiger partial charge in [-0.05, 0) is 0 Å². The number of rotatable bonds is 6. The number of halogens is 6. The van der Waals surface area contributed by atoms with Gasteiger partial charge in [-0.3, -0.25) is 4.57 Å². The Morgan fingerprint density at radius 1 is 1.10 bits per heavy atom. The third-order valence-electron chi connectivity index (χ3n) is 4.35. The summed E-state index contributed by atoms with van der Waals surface area (Å²) < 4.78 is 82.2. The minimum Gasteiger partial charge on any atom is -0.387 e. The number of thiol groups is 1. The minimum absolute atomic E-state index is 0.0611. The Morgan fingerprint density at radius 3 is 2.37 bits per heavy atom. The number of nitrogens with zero attached hydrogens (tertiary/aromatic N) is 4. The van der Waals surface area contributed by atoms with Crippen LogP contribution in [0.5, 0.6) is 0 Å². The van der Waals surface area contributed by atoms with Crippen molar-refractivity contribution >= 4 is 29.6 Å². The Kier molecular flexibility index (Phi) is 6.36. The molecular weight excluding hydrogens is 444 g/mol. The summed E-state index contributed by atoms with van der Waals surface area (Å²) in [4.78, 5) is 11.6. The number of aromatic nitrogens is 4. The van der Waals surface area contributed by atoms with Gasteiger partial charge in [0.1, 0.15) is 24.6 Å². The van der Waals surface area contributed by atoms with Gasteiger partial charge < -0.3 is 20.3 Å². The van der Waals surface area contributed by atoms with Crippen LogP contribution in [0.15, 0.2) is 6.33 Å². The van der Waals surface area contributed by atoms with Gasteiger partial charge in [-0.15, -0.1) is 0 Å². The summed E-state index contributed by atoms with van der Waals surface area (Å²) in [6.45, 7) is -1.49. The van der Waals surface area contributed by atoms with Crippen LogP contribution in [0.25, 0.3) is 11.2 Å². The van der Waals surface area contributed by atoms with Crippen LogP contribution >= 0.6 is 12.6 Å². The van der Waals surface area contributed by atoms with Gasteiger partial charge in [0.05, 0.1) is 18.9 Å². The summed E-state index contributed by atoms with van der Waals surface area (Å²) in [5.74, 6) is -0.719. The summed E-state index contributed by atoms with van der Waals surface area (Å²) >= 11 is 4.00. The number of alkyl halides is 6. The summed E-state index contributed by atoms with van der Waals surface area (Å²) in [6, 6.07) is 0. The lowest BCUT2D eigenvalue weighted by Crippen LogP contribution is -2.32. The molecule has 15 heteroatoms. The zero-order chi connectivity index (χ0) is 22.3. The van der Waals surface area contributed by atoms with Gasteiger partial charge in [-0.1, -0.05) is 0 Å². The highest BCUT2D eigenvalue weighted by atomic mass is 32.1. The van der Waals surface area contributed by atoms with Crippen molar-refractivity contribution in [3.63, 3.8) is 0 Å². The largest absolute Gasteiger partial charge is 0.405 e. The molecule has 0 unspecified atom stereocenters. The molecule has 0 aromatic carbocycles. The fraction of sp³-hybridized carbons (Fsp3) is 0.667. The zero-order valence-electron chi connectivity index (χ0n) is 15.0. The molecule has 3 rings (SSSR count). The Balaban J connectivity index is 2.01. The van der Waals surface area contributed by atoms with E-state index in [1.165, 1.54) is 0 Å². The number of hydrogen-bond acceptors (Lipinski definition) is 8. The van der Waals surface area contributed by atoms with E-state index in [1.54, 1.807) is 0 Å². The molecule has 1 saturated heterocycles. The van der Waals surface area contributed by atoms with E-state index in [4.69, 9.17) is 4.74 Å². The molecule has 0 radical (unpaired) electrons. The van der Waals surface area contributed by atoms with Gasteiger partial charge >= 0.3 is 12.4 Å². The van der Waals surface area contributed by atoms with E-state index >= 15 is 0 Å². The molecule has 1 fully saturated rings. The van der Waals surface area contributed by atoms with Gasteiger partial charge in [0.15, 0.2) is 23.2 Å². The molecular formula is C15H17F6N5O3S. The van der Waals surface area contributed by atoms with Gasteiger partial charge in [0.2, 0.25) is 0 Å². The first-order valence-corrected chi connectivity index (χ1v) is 9.26. The third kappa shape index (κ3) is 5.07. The highest BCUT2D eigenvalue weighted by Crippen LogP contribution is 2.33. The first kappa shape index (κ1) is 22.8. The fourth-order valence-electron chi connectivity index (χ4n) is 2.93. The fourth-order valence-corrected chi connectivity index (χ4v) is 3.23. The number of nitrogens with one attached hydrogen (secondary N) is 1. The molecule has 168 valence electrons. The second-order valence-electron chi connectivity index (χ2n) is 6.63. The predicted octanol–water partition coefficient (Wildman–Crippen LogP) is 1.84. The first-order chi connectivity index (χ1) is 13.9. The van der Waals surface area contributed by atoms with Gasteiger partial charge in [-0.25, -0.2) is 15.0 Å². The highest BCUT2D eigenvalue weighted by Gasteiger charge is 2.43. The van der Waals surface area contributed by atoms with Crippen molar-refractivity contribution in [3.05, 3.63) is 12.2 Å². The molecule has 0 bridgehead atoms. The van der Waals surface area contributed by atoms with Crippen LogP contribution in [-0.4, -0.2) is 72.7 Å². The smallest absolute Gasteiger partial charge is 0.387 e. The molecule has 0 amide bonds. The Morgan fingerprint density at radius 2 is 1.80 bits per heavy atom. The maximum Gasteiger partial charge on any atom is 0.405 e. The molecule has 2 aromatic rings. The second-order valence-corrected chi connectivity index (χ2v) is 6.99. The summed E-state index contributed by atoms with van der Waals surface area (Å²) in [5.41, 5.74) is -0.308. The molecule has 0 spiro atoms. The number of aliphatic hydroxyl groups excluding tert-OH is 2. The number of aryl methyl sites for hydroxylation is 1. The number of imidazole rings is 1. The highest BCUT2D eigenvalue weighted by molar-refractivity contribution is 7.80. The Bertz CT molecular complexity index is 892. The van der Waals surface area contributed by atoms with Crippen LogP contribution in [0.1, 0.15) is 18.5 Å². The van der Waals surface area contributed by atoms with Crippen LogP contribution < -0.4 is 5.32 Å². The summed E-state index contributed by atoms with van der Waals surface area (Å²) in [7, 11) is 0. The predicted molar refractivity (Wildman–Crippen MR) is 94.0 cm³/mol. The van der Waals surface area contributed by atoms with Crippen LogP contribution in [0.4, 0.5) is 32.2 Å². The molecule has 3 heterocycles. The van der Waals surface area contributed by atoms with E-state index in [0.29, 0.717) is 0 Å². The lowest BCUT2D eigenvalue weighted by atomic mass is 10.1. The van der Waals surface area contributed by atoms with Crippen LogP contribution in [-0.2, 0) is 11.2 Å².